The van der Waals surface area contributed by atoms with E-state index in [4.69, 9.17) is 4.74 Å². The fourth-order valence-electron chi connectivity index (χ4n) is 3.01. The smallest absolute Gasteiger partial charge is 0.188 e. The molecule has 4 nitrogen and oxygen atoms in total. The van der Waals surface area contributed by atoms with Crippen molar-refractivity contribution in [1.29, 1.82) is 0 Å². The largest absolute Gasteiger partial charge is 0.381 e. The van der Waals surface area contributed by atoms with Gasteiger partial charge in [0.25, 0.3) is 0 Å². The second-order valence-corrected chi connectivity index (χ2v) is 8.90. The predicted octanol–water partition coefficient (Wildman–Crippen LogP) is 4.47. The predicted molar refractivity (Wildman–Crippen MR) is 105 cm³/mol. The Morgan fingerprint density at radius 3 is 2.84 bits per heavy atom. The Morgan fingerprint density at radius 2 is 2.00 bits per heavy atom. The van der Waals surface area contributed by atoms with Crippen LogP contribution in [-0.4, -0.2) is 27.7 Å². The van der Waals surface area contributed by atoms with E-state index in [2.05, 4.69) is 22.4 Å². The van der Waals surface area contributed by atoms with Gasteiger partial charge in [-0.1, -0.05) is 35.6 Å². The third-order valence-corrected chi connectivity index (χ3v) is 7.11. The Hall–Kier alpha value is -1.76. The maximum Gasteiger partial charge on any atom is 0.188 e. The minimum absolute atomic E-state index is 0.259. The van der Waals surface area contributed by atoms with E-state index in [0.717, 1.165) is 48.0 Å². The van der Waals surface area contributed by atoms with E-state index in [1.165, 1.54) is 4.70 Å². The molecule has 3 aromatic rings. The summed E-state index contributed by atoms with van der Waals surface area (Å²) in [4.78, 5) is 4.61. The average Bonchev–Trinajstić information content (AvgIpc) is 3.05. The fraction of sp³-hybridized carbons (Fsp3) is 0.316. The zero-order chi connectivity index (χ0) is 17.1. The van der Waals surface area contributed by atoms with Gasteiger partial charge in [0.05, 0.1) is 10.2 Å². The lowest BCUT2D eigenvalue weighted by atomic mass is 10.2. The number of thiazole rings is 1. The lowest BCUT2D eigenvalue weighted by Crippen LogP contribution is -2.25. The van der Waals surface area contributed by atoms with Crippen molar-refractivity contribution < 1.29 is 8.95 Å². The molecule has 1 N–H and O–H groups in total. The summed E-state index contributed by atoms with van der Waals surface area (Å²) in [5.74, 6) is 0.597. The van der Waals surface area contributed by atoms with Gasteiger partial charge in [-0.25, -0.2) is 4.98 Å². The van der Waals surface area contributed by atoms with E-state index in [1.807, 2.05) is 36.4 Å². The van der Waals surface area contributed by atoms with Crippen molar-refractivity contribution >= 4 is 43.2 Å². The summed E-state index contributed by atoms with van der Waals surface area (Å²) in [5, 5.41) is 4.51. The molecular formula is C19H20N2O2S2. The number of fused-ring (bicyclic) bond motifs is 1. The Bertz CT molecular complexity index is 855. The standard InChI is InChI=1S/C19H20N2O2S2/c22-25(16-8-10-23-11-9-16)13-14-4-3-5-15(12-14)20-19-21-17-6-1-2-7-18(17)24-19/h1-7,12,16H,8-11,13H2,(H,20,21). The minimum atomic E-state index is -0.845. The quantitative estimate of drug-likeness (QED) is 0.718. The molecule has 0 amide bonds. The van der Waals surface area contributed by atoms with Crippen LogP contribution in [-0.2, 0) is 21.3 Å². The molecule has 4 rings (SSSR count). The highest BCUT2D eigenvalue weighted by Crippen LogP contribution is 2.28. The van der Waals surface area contributed by atoms with Gasteiger partial charge in [-0.15, -0.1) is 0 Å². The van der Waals surface area contributed by atoms with Gasteiger partial charge < -0.3 is 10.1 Å². The average molecular weight is 373 g/mol. The van der Waals surface area contributed by atoms with Crippen molar-refractivity contribution in [3.05, 3.63) is 54.1 Å². The monoisotopic (exact) mass is 372 g/mol. The van der Waals surface area contributed by atoms with Crippen LogP contribution < -0.4 is 5.32 Å². The highest BCUT2D eigenvalue weighted by molar-refractivity contribution is 7.84. The summed E-state index contributed by atoms with van der Waals surface area (Å²) in [6.45, 7) is 1.46. The molecule has 0 saturated carbocycles. The van der Waals surface area contributed by atoms with Gasteiger partial charge in [0.15, 0.2) is 5.13 Å². The number of anilines is 2. The zero-order valence-electron chi connectivity index (χ0n) is 13.8. The van der Waals surface area contributed by atoms with Crippen LogP contribution in [0.5, 0.6) is 0 Å². The van der Waals surface area contributed by atoms with E-state index < -0.39 is 10.8 Å². The lowest BCUT2D eigenvalue weighted by molar-refractivity contribution is 0.0992. The van der Waals surface area contributed by atoms with Crippen molar-refractivity contribution in [2.75, 3.05) is 18.5 Å². The van der Waals surface area contributed by atoms with Gasteiger partial charge in [0.1, 0.15) is 0 Å². The molecule has 1 aliphatic heterocycles. The van der Waals surface area contributed by atoms with Crippen molar-refractivity contribution in [1.82, 2.24) is 4.98 Å². The molecule has 1 atom stereocenters. The highest BCUT2D eigenvalue weighted by atomic mass is 32.2. The fourth-order valence-corrected chi connectivity index (χ4v) is 5.36. The number of benzene rings is 2. The maximum atomic E-state index is 12.6. The topological polar surface area (TPSA) is 51.2 Å². The van der Waals surface area contributed by atoms with Crippen molar-refractivity contribution in [3.8, 4) is 0 Å². The molecule has 130 valence electrons. The van der Waals surface area contributed by atoms with E-state index in [1.54, 1.807) is 11.3 Å². The van der Waals surface area contributed by atoms with Crippen LogP contribution in [0.3, 0.4) is 0 Å². The minimum Gasteiger partial charge on any atom is -0.381 e. The van der Waals surface area contributed by atoms with Crippen molar-refractivity contribution in [3.63, 3.8) is 0 Å². The third kappa shape index (κ3) is 4.08. The number of ether oxygens (including phenoxy) is 1. The number of nitrogens with one attached hydrogen (secondary N) is 1. The van der Waals surface area contributed by atoms with Gasteiger partial charge in [-0.2, -0.15) is 0 Å². The Morgan fingerprint density at radius 1 is 1.16 bits per heavy atom. The summed E-state index contributed by atoms with van der Waals surface area (Å²) in [7, 11) is -0.845. The second kappa shape index (κ2) is 7.64. The van der Waals surface area contributed by atoms with Crippen molar-refractivity contribution in [2.24, 2.45) is 0 Å². The molecule has 2 heterocycles. The molecule has 0 aliphatic carbocycles. The number of para-hydroxylation sites is 1. The van der Waals surface area contributed by atoms with E-state index in [-0.39, 0.29) is 5.25 Å². The highest BCUT2D eigenvalue weighted by Gasteiger charge is 2.20. The summed E-state index contributed by atoms with van der Waals surface area (Å²) < 4.78 is 19.1. The SMILES string of the molecule is O=S(Cc1cccc(Nc2nc3ccccc3s2)c1)C1CCOCC1. The number of rotatable bonds is 5. The second-order valence-electron chi connectivity index (χ2n) is 6.15. The van der Waals surface area contributed by atoms with Gasteiger partial charge in [0.2, 0.25) is 0 Å². The molecule has 6 heteroatoms. The first-order valence-electron chi connectivity index (χ1n) is 8.44. The van der Waals surface area contributed by atoms with Crippen LogP contribution in [0.15, 0.2) is 48.5 Å². The molecule has 0 radical (unpaired) electrons. The van der Waals surface area contributed by atoms with Gasteiger partial charge in [0, 0.05) is 40.7 Å². The summed E-state index contributed by atoms with van der Waals surface area (Å²) >= 11 is 1.64. The molecular weight excluding hydrogens is 352 g/mol. The van der Waals surface area contributed by atoms with E-state index in [9.17, 15) is 4.21 Å². The first-order chi connectivity index (χ1) is 12.3. The van der Waals surface area contributed by atoms with Gasteiger partial charge in [-0.3, -0.25) is 4.21 Å². The van der Waals surface area contributed by atoms with Crippen LogP contribution in [0.25, 0.3) is 10.2 Å². The van der Waals surface area contributed by atoms with Gasteiger partial charge >= 0.3 is 0 Å². The summed E-state index contributed by atoms with van der Waals surface area (Å²) in [6.07, 6.45) is 1.80. The molecule has 1 aromatic heterocycles. The number of nitrogens with zero attached hydrogens (tertiary/aromatic N) is 1. The first kappa shape index (κ1) is 16.7. The maximum absolute atomic E-state index is 12.6. The molecule has 1 aliphatic rings. The Balaban J connectivity index is 1.46. The Labute approximate surface area is 153 Å². The van der Waals surface area contributed by atoms with Crippen molar-refractivity contribution in [2.45, 2.75) is 23.8 Å². The number of aromatic nitrogens is 1. The third-order valence-electron chi connectivity index (χ3n) is 4.32. The zero-order valence-corrected chi connectivity index (χ0v) is 15.4. The van der Waals surface area contributed by atoms with Crippen LogP contribution >= 0.6 is 11.3 Å². The van der Waals surface area contributed by atoms with E-state index >= 15 is 0 Å². The molecule has 2 aromatic carbocycles. The molecule has 25 heavy (non-hydrogen) atoms. The molecule has 1 fully saturated rings. The summed E-state index contributed by atoms with van der Waals surface area (Å²) in [6, 6.07) is 16.3. The van der Waals surface area contributed by atoms with Crippen LogP contribution in [0.1, 0.15) is 18.4 Å². The normalized spacial score (nSPS) is 16.8. The molecule has 0 bridgehead atoms. The Kier molecular flexibility index (Phi) is 5.10. The number of hydrogen-bond acceptors (Lipinski definition) is 5. The van der Waals surface area contributed by atoms with Crippen LogP contribution in [0, 0.1) is 0 Å². The molecule has 0 spiro atoms. The van der Waals surface area contributed by atoms with Gasteiger partial charge in [-0.05, 0) is 42.7 Å². The molecule has 1 unspecified atom stereocenters. The van der Waals surface area contributed by atoms with E-state index in [0.29, 0.717) is 5.75 Å². The van der Waals surface area contributed by atoms with Crippen LogP contribution in [0.4, 0.5) is 10.8 Å². The number of hydrogen-bond donors (Lipinski definition) is 1. The first-order valence-corrected chi connectivity index (χ1v) is 10.6. The molecule has 1 saturated heterocycles. The lowest BCUT2D eigenvalue weighted by Gasteiger charge is -2.21. The van der Waals surface area contributed by atoms with Crippen LogP contribution in [0.2, 0.25) is 0 Å². The summed E-state index contributed by atoms with van der Waals surface area (Å²) in [5.41, 5.74) is 3.09.